The van der Waals surface area contributed by atoms with Crippen molar-refractivity contribution in [2.75, 3.05) is 7.11 Å². The molecule has 0 fully saturated rings. The van der Waals surface area contributed by atoms with Crippen molar-refractivity contribution in [1.82, 2.24) is 0 Å². The zero-order chi connectivity index (χ0) is 17.9. The van der Waals surface area contributed by atoms with E-state index in [1.165, 1.54) is 23.8 Å². The van der Waals surface area contributed by atoms with Crippen LogP contribution in [0.2, 0.25) is 0 Å². The number of benzene rings is 2. The number of aryl methyl sites for hydroxylation is 1. The highest BCUT2D eigenvalue weighted by Gasteiger charge is 1.95. The van der Waals surface area contributed by atoms with Gasteiger partial charge in [-0.15, -0.1) is 0 Å². The molecule has 2 aromatic rings. The number of hydrogen-bond acceptors (Lipinski definition) is 2. The van der Waals surface area contributed by atoms with Crippen LogP contribution >= 0.6 is 0 Å². The summed E-state index contributed by atoms with van der Waals surface area (Å²) in [6.07, 6.45) is 6.11. The number of hydrogen-bond donors (Lipinski definition) is 0. The average Bonchev–Trinajstić information content (AvgIpc) is 2.61. The molecule has 0 heterocycles. The second kappa shape index (κ2) is 10.0. The molecule has 2 aromatic carbocycles. The summed E-state index contributed by atoms with van der Waals surface area (Å²) in [6.45, 7) is 10.8. The van der Waals surface area contributed by atoms with E-state index in [-0.39, 0.29) is 5.97 Å². The number of rotatable bonds is 4. The van der Waals surface area contributed by atoms with Gasteiger partial charge in [0.05, 0.1) is 7.11 Å². The molecular formula is C22H24O2. The van der Waals surface area contributed by atoms with E-state index < -0.39 is 0 Å². The van der Waals surface area contributed by atoms with Crippen LogP contribution in [-0.4, -0.2) is 13.1 Å². The number of carbonyl (C=O) groups excluding carboxylic acids is 1. The topological polar surface area (TPSA) is 26.3 Å². The molecule has 0 saturated heterocycles. The Morgan fingerprint density at radius 2 is 1.58 bits per heavy atom. The molecular weight excluding hydrogens is 296 g/mol. The monoisotopic (exact) mass is 320 g/mol. The average molecular weight is 320 g/mol. The molecule has 0 bridgehead atoms. The number of carbonyl (C=O) groups is 1. The van der Waals surface area contributed by atoms with E-state index in [2.05, 4.69) is 79.4 Å². The van der Waals surface area contributed by atoms with E-state index in [1.807, 2.05) is 12.1 Å². The molecule has 2 nitrogen and oxygen atoms in total. The summed E-state index contributed by atoms with van der Waals surface area (Å²) in [4.78, 5) is 10.2. The normalized spacial score (nSPS) is 9.79. The lowest BCUT2D eigenvalue weighted by Crippen LogP contribution is -1.98. The van der Waals surface area contributed by atoms with E-state index in [0.717, 1.165) is 5.56 Å². The first-order valence-corrected chi connectivity index (χ1v) is 7.67. The van der Waals surface area contributed by atoms with Gasteiger partial charge in [-0.1, -0.05) is 79.4 Å². The maximum Gasteiger partial charge on any atom is 0.332 e. The van der Waals surface area contributed by atoms with E-state index >= 15 is 0 Å². The summed E-state index contributed by atoms with van der Waals surface area (Å²) in [5.41, 5.74) is 5.29. The summed E-state index contributed by atoms with van der Waals surface area (Å²) in [7, 11) is 1.33. The largest absolute Gasteiger partial charge is 0.466 e. The van der Waals surface area contributed by atoms with Gasteiger partial charge < -0.3 is 4.74 Å². The molecule has 0 aromatic heterocycles. The molecule has 0 spiro atoms. The van der Waals surface area contributed by atoms with Crippen molar-refractivity contribution in [3.8, 4) is 0 Å². The van der Waals surface area contributed by atoms with Gasteiger partial charge in [-0.05, 0) is 36.6 Å². The Morgan fingerprint density at radius 3 is 2.08 bits per heavy atom. The van der Waals surface area contributed by atoms with Crippen molar-refractivity contribution in [1.29, 1.82) is 0 Å². The Kier molecular flexibility index (Phi) is 8.00. The van der Waals surface area contributed by atoms with Crippen molar-refractivity contribution in [2.45, 2.75) is 13.8 Å². The van der Waals surface area contributed by atoms with Gasteiger partial charge in [0.1, 0.15) is 0 Å². The molecule has 0 aliphatic heterocycles. The lowest BCUT2D eigenvalue weighted by atomic mass is 10.1. The third kappa shape index (κ3) is 6.93. The molecule has 0 amide bonds. The number of esters is 1. The Labute approximate surface area is 144 Å². The molecule has 24 heavy (non-hydrogen) atoms. The van der Waals surface area contributed by atoms with Crippen LogP contribution in [0.15, 0.2) is 67.3 Å². The van der Waals surface area contributed by atoms with Gasteiger partial charge in [-0.25, -0.2) is 4.79 Å². The van der Waals surface area contributed by atoms with Crippen LogP contribution in [0, 0.1) is 6.92 Å². The van der Waals surface area contributed by atoms with E-state index in [1.54, 1.807) is 6.92 Å². The van der Waals surface area contributed by atoms with Crippen molar-refractivity contribution in [3.05, 3.63) is 89.5 Å². The molecule has 0 aliphatic rings. The van der Waals surface area contributed by atoms with Crippen molar-refractivity contribution in [2.24, 2.45) is 0 Å². The molecule has 0 unspecified atom stereocenters. The predicted molar refractivity (Wildman–Crippen MR) is 103 cm³/mol. The lowest BCUT2D eigenvalue weighted by Gasteiger charge is -1.97. The number of methoxy groups -OCH3 is 1. The van der Waals surface area contributed by atoms with Crippen LogP contribution in [0.5, 0.6) is 0 Å². The molecule has 0 radical (unpaired) electrons. The van der Waals surface area contributed by atoms with Crippen molar-refractivity contribution in [3.63, 3.8) is 0 Å². The summed E-state index contributed by atoms with van der Waals surface area (Å²) in [6, 6.07) is 16.8. The van der Waals surface area contributed by atoms with Crippen LogP contribution in [-0.2, 0) is 9.53 Å². The minimum Gasteiger partial charge on any atom is -0.466 e. The smallest absolute Gasteiger partial charge is 0.332 e. The number of ether oxygens (including phenoxy) is 1. The molecule has 2 heteroatoms. The SMILES string of the molecule is C=C(C)C(=O)OC.C=Cc1cccc(C=Cc2ccc(C)cc2)c1. The van der Waals surface area contributed by atoms with Gasteiger partial charge in [0.2, 0.25) is 0 Å². The molecule has 0 atom stereocenters. The van der Waals surface area contributed by atoms with Gasteiger partial charge in [0, 0.05) is 5.57 Å². The Balaban J connectivity index is 0.000000351. The summed E-state index contributed by atoms with van der Waals surface area (Å²) in [5.74, 6) is -0.347. The van der Waals surface area contributed by atoms with Crippen LogP contribution in [0.4, 0.5) is 0 Å². The highest BCUT2D eigenvalue weighted by molar-refractivity contribution is 5.86. The van der Waals surface area contributed by atoms with E-state index in [4.69, 9.17) is 0 Å². The van der Waals surface area contributed by atoms with Crippen LogP contribution in [0.1, 0.15) is 29.2 Å². The molecule has 124 valence electrons. The fourth-order valence-corrected chi connectivity index (χ4v) is 1.83. The van der Waals surface area contributed by atoms with E-state index in [9.17, 15) is 4.79 Å². The second-order valence-corrected chi connectivity index (χ2v) is 5.39. The van der Waals surface area contributed by atoms with E-state index in [0.29, 0.717) is 5.57 Å². The predicted octanol–water partition coefficient (Wildman–Crippen LogP) is 5.54. The third-order valence-corrected chi connectivity index (χ3v) is 3.23. The fourth-order valence-electron chi connectivity index (χ4n) is 1.83. The van der Waals surface area contributed by atoms with Crippen LogP contribution in [0.3, 0.4) is 0 Å². The first-order valence-electron chi connectivity index (χ1n) is 7.67. The molecule has 0 N–H and O–H groups in total. The highest BCUT2D eigenvalue weighted by atomic mass is 16.5. The van der Waals surface area contributed by atoms with Gasteiger partial charge in [0.25, 0.3) is 0 Å². The van der Waals surface area contributed by atoms with Crippen molar-refractivity contribution < 1.29 is 9.53 Å². The van der Waals surface area contributed by atoms with Gasteiger partial charge in [-0.2, -0.15) is 0 Å². The standard InChI is InChI=1S/C17H16.C5H8O2/c1-3-15-5-4-6-17(13-15)12-11-16-9-7-14(2)8-10-16;1-4(2)5(6)7-3/h3-13H,1H2,2H3;1H2,2-3H3. The molecule has 0 aliphatic carbocycles. The third-order valence-electron chi connectivity index (χ3n) is 3.23. The highest BCUT2D eigenvalue weighted by Crippen LogP contribution is 2.11. The first-order chi connectivity index (χ1) is 11.5. The quantitative estimate of drug-likeness (QED) is 0.420. The minimum absolute atomic E-state index is 0.347. The zero-order valence-electron chi connectivity index (χ0n) is 14.6. The molecule has 0 saturated carbocycles. The van der Waals surface area contributed by atoms with Crippen LogP contribution < -0.4 is 0 Å². The minimum atomic E-state index is -0.347. The Morgan fingerprint density at radius 1 is 1.00 bits per heavy atom. The first kappa shape index (κ1) is 19.2. The molecule has 2 rings (SSSR count). The Hall–Kier alpha value is -2.87. The Bertz CT molecular complexity index is 722. The summed E-state index contributed by atoms with van der Waals surface area (Å²) < 4.78 is 4.27. The lowest BCUT2D eigenvalue weighted by molar-refractivity contribution is -0.136. The fraction of sp³-hybridized carbons (Fsp3) is 0.136. The van der Waals surface area contributed by atoms with Gasteiger partial charge in [-0.3, -0.25) is 0 Å². The maximum absolute atomic E-state index is 10.2. The van der Waals surface area contributed by atoms with Crippen LogP contribution in [0.25, 0.3) is 18.2 Å². The second-order valence-electron chi connectivity index (χ2n) is 5.39. The zero-order valence-corrected chi connectivity index (χ0v) is 14.6. The van der Waals surface area contributed by atoms with Gasteiger partial charge >= 0.3 is 5.97 Å². The summed E-state index contributed by atoms with van der Waals surface area (Å²) >= 11 is 0. The van der Waals surface area contributed by atoms with Gasteiger partial charge in [0.15, 0.2) is 0 Å². The maximum atomic E-state index is 10.2. The summed E-state index contributed by atoms with van der Waals surface area (Å²) in [5, 5.41) is 0. The van der Waals surface area contributed by atoms with Crippen molar-refractivity contribution >= 4 is 24.2 Å².